The topological polar surface area (TPSA) is 54.0 Å². The number of ether oxygens (including phenoxy) is 4. The van der Waals surface area contributed by atoms with E-state index in [4.69, 9.17) is 18.9 Å². The first-order chi connectivity index (χ1) is 9.49. The summed E-state index contributed by atoms with van der Waals surface area (Å²) in [5, 5.41) is 0. The maximum atomic E-state index is 9.77. The molecule has 1 aliphatic rings. The lowest BCUT2D eigenvalue weighted by atomic mass is 10.2. The van der Waals surface area contributed by atoms with Crippen LogP contribution >= 0.6 is 0 Å². The molecule has 0 aromatic heterocycles. The molecule has 0 N–H and O–H groups in total. The van der Waals surface area contributed by atoms with E-state index in [-0.39, 0.29) is 25.2 Å². The average Bonchev–Trinajstić information content (AvgIpc) is 2.33. The highest BCUT2D eigenvalue weighted by atomic mass is 16.9. The van der Waals surface area contributed by atoms with Crippen LogP contribution in [0.4, 0.5) is 0 Å². The van der Waals surface area contributed by atoms with Gasteiger partial charge in [0.15, 0.2) is 25.2 Å². The van der Waals surface area contributed by atoms with Gasteiger partial charge in [0, 0.05) is 6.42 Å². The molecule has 5 nitrogen and oxygen atoms in total. The quantitative estimate of drug-likeness (QED) is 0.572. The first kappa shape index (κ1) is 19.5. The molecule has 5 heteroatoms. The van der Waals surface area contributed by atoms with Gasteiger partial charge in [-0.1, -0.05) is 26.2 Å². The number of carbonyl (C=O) groups excluding carboxylic acids is 1. The normalized spacial score (nSPS) is 30.6. The molecule has 1 saturated heterocycles. The number of carbonyl (C=O) groups is 1. The highest BCUT2D eigenvalue weighted by Gasteiger charge is 2.21. The Morgan fingerprint density at radius 2 is 1.15 bits per heavy atom. The molecule has 0 aliphatic carbocycles. The lowest BCUT2D eigenvalue weighted by molar-refractivity contribution is -0.367. The van der Waals surface area contributed by atoms with Crippen LogP contribution in [0.2, 0.25) is 0 Å². The van der Waals surface area contributed by atoms with Gasteiger partial charge in [-0.2, -0.15) is 0 Å². The van der Waals surface area contributed by atoms with Gasteiger partial charge in [0.25, 0.3) is 0 Å². The lowest BCUT2D eigenvalue weighted by Gasteiger charge is -2.30. The summed E-state index contributed by atoms with van der Waals surface area (Å²) in [6, 6.07) is 0. The Morgan fingerprint density at radius 1 is 0.750 bits per heavy atom. The molecule has 1 aliphatic heterocycles. The van der Waals surface area contributed by atoms with Crippen molar-refractivity contribution in [3.8, 4) is 0 Å². The van der Waals surface area contributed by atoms with Crippen molar-refractivity contribution in [3.05, 3.63) is 0 Å². The molecule has 1 rings (SSSR count). The molecule has 0 spiro atoms. The predicted octanol–water partition coefficient (Wildman–Crippen LogP) is 3.61. The van der Waals surface area contributed by atoms with Gasteiger partial charge in [0.2, 0.25) is 0 Å². The van der Waals surface area contributed by atoms with E-state index in [9.17, 15) is 4.79 Å². The van der Waals surface area contributed by atoms with Gasteiger partial charge in [0.1, 0.15) is 6.29 Å². The van der Waals surface area contributed by atoms with E-state index < -0.39 is 0 Å². The number of hydrogen-bond acceptors (Lipinski definition) is 5. The predicted molar refractivity (Wildman–Crippen MR) is 77.0 cm³/mol. The van der Waals surface area contributed by atoms with Crippen LogP contribution in [0, 0.1) is 0 Å². The van der Waals surface area contributed by atoms with Crippen molar-refractivity contribution in [1.82, 2.24) is 0 Å². The van der Waals surface area contributed by atoms with Crippen LogP contribution in [0.5, 0.6) is 0 Å². The minimum Gasteiger partial charge on any atom is -0.324 e. The van der Waals surface area contributed by atoms with Crippen LogP contribution in [0.3, 0.4) is 0 Å². The van der Waals surface area contributed by atoms with E-state index in [1.165, 1.54) is 19.3 Å². The Balaban J connectivity index is 0.000000396. The van der Waals surface area contributed by atoms with E-state index in [1.54, 1.807) is 0 Å². The second-order valence-corrected chi connectivity index (χ2v) is 4.83. The Labute approximate surface area is 122 Å². The summed E-state index contributed by atoms with van der Waals surface area (Å²) >= 11 is 0. The van der Waals surface area contributed by atoms with E-state index in [2.05, 4.69) is 6.92 Å². The Morgan fingerprint density at radius 3 is 1.45 bits per heavy atom. The Bertz CT molecular complexity index is 194. The zero-order chi connectivity index (χ0) is 15.4. The van der Waals surface area contributed by atoms with Gasteiger partial charge in [-0.05, 0) is 34.1 Å². The van der Waals surface area contributed by atoms with E-state index in [0.717, 1.165) is 19.1 Å². The van der Waals surface area contributed by atoms with Gasteiger partial charge in [-0.15, -0.1) is 0 Å². The maximum Gasteiger partial charge on any atom is 0.161 e. The summed E-state index contributed by atoms with van der Waals surface area (Å²) in [6.45, 7) is 9.43. The first-order valence-electron chi connectivity index (χ1n) is 7.55. The molecule has 0 aromatic carbocycles. The Kier molecular flexibility index (Phi) is 12.0. The molecule has 0 saturated carbocycles. The lowest BCUT2D eigenvalue weighted by Crippen LogP contribution is -2.35. The van der Waals surface area contributed by atoms with E-state index >= 15 is 0 Å². The second-order valence-electron chi connectivity index (χ2n) is 4.83. The van der Waals surface area contributed by atoms with Gasteiger partial charge in [-0.25, -0.2) is 0 Å². The summed E-state index contributed by atoms with van der Waals surface area (Å²) in [5.41, 5.74) is 0. The zero-order valence-electron chi connectivity index (χ0n) is 13.5. The van der Waals surface area contributed by atoms with Crippen LogP contribution in [-0.4, -0.2) is 31.4 Å². The summed E-state index contributed by atoms with van der Waals surface area (Å²) in [6.07, 6.45) is 5.41. The fraction of sp³-hybridized carbons (Fsp3) is 0.933. The fourth-order valence-corrected chi connectivity index (χ4v) is 1.86. The number of aldehydes is 1. The van der Waals surface area contributed by atoms with Crippen molar-refractivity contribution in [2.24, 2.45) is 0 Å². The minimum atomic E-state index is -0.289. The summed E-state index contributed by atoms with van der Waals surface area (Å²) in [5.74, 6) is 0. The van der Waals surface area contributed by atoms with Crippen LogP contribution in [0.1, 0.15) is 66.7 Å². The van der Waals surface area contributed by atoms with Crippen molar-refractivity contribution in [3.63, 3.8) is 0 Å². The van der Waals surface area contributed by atoms with Gasteiger partial charge in [-0.3, -0.25) is 0 Å². The van der Waals surface area contributed by atoms with Gasteiger partial charge >= 0.3 is 0 Å². The SMILES string of the molecule is CC1OC(C)OC(C)OC(C)O1.CCCCCCC=O. The second kappa shape index (κ2) is 12.3. The molecule has 20 heavy (non-hydrogen) atoms. The van der Waals surface area contributed by atoms with Crippen molar-refractivity contribution in [2.45, 2.75) is 91.9 Å². The minimum absolute atomic E-state index is 0.289. The molecule has 0 radical (unpaired) electrons. The molecule has 1 heterocycles. The van der Waals surface area contributed by atoms with E-state index in [0.29, 0.717) is 0 Å². The standard InChI is InChI=1S/C8H16O4.C7H14O/c1-5-9-6(2)11-8(4)12-7(3)10-5;1-2-3-4-5-6-7-8/h5-8H,1-4H3;7H,2-6H2,1H3. The average molecular weight is 290 g/mol. The third-order valence-corrected chi connectivity index (χ3v) is 2.71. The van der Waals surface area contributed by atoms with Crippen molar-refractivity contribution in [1.29, 1.82) is 0 Å². The van der Waals surface area contributed by atoms with E-state index in [1.807, 2.05) is 27.7 Å². The highest BCUT2D eigenvalue weighted by Crippen LogP contribution is 2.13. The molecule has 0 atom stereocenters. The first-order valence-corrected chi connectivity index (χ1v) is 7.55. The molecular weight excluding hydrogens is 260 g/mol. The van der Waals surface area contributed by atoms with Crippen molar-refractivity contribution >= 4 is 6.29 Å². The van der Waals surface area contributed by atoms with Crippen LogP contribution in [0.25, 0.3) is 0 Å². The molecule has 0 amide bonds. The number of unbranched alkanes of at least 4 members (excludes halogenated alkanes) is 4. The van der Waals surface area contributed by atoms with Crippen molar-refractivity contribution < 1.29 is 23.7 Å². The monoisotopic (exact) mass is 290 g/mol. The number of rotatable bonds is 5. The molecule has 120 valence electrons. The van der Waals surface area contributed by atoms with Crippen LogP contribution in [-0.2, 0) is 23.7 Å². The highest BCUT2D eigenvalue weighted by molar-refractivity contribution is 5.48. The molecule has 0 aromatic rings. The van der Waals surface area contributed by atoms with Gasteiger partial charge in [0.05, 0.1) is 0 Å². The third-order valence-electron chi connectivity index (χ3n) is 2.71. The zero-order valence-corrected chi connectivity index (χ0v) is 13.5. The van der Waals surface area contributed by atoms with Crippen LogP contribution < -0.4 is 0 Å². The van der Waals surface area contributed by atoms with Crippen LogP contribution in [0.15, 0.2) is 0 Å². The summed E-state index contributed by atoms with van der Waals surface area (Å²) < 4.78 is 21.2. The molecular formula is C15H30O5. The maximum absolute atomic E-state index is 9.77. The molecule has 0 unspecified atom stereocenters. The largest absolute Gasteiger partial charge is 0.324 e. The number of hydrogen-bond donors (Lipinski definition) is 0. The molecule has 0 bridgehead atoms. The molecule has 1 fully saturated rings. The Hall–Kier alpha value is -0.490. The third kappa shape index (κ3) is 11.3. The summed E-state index contributed by atoms with van der Waals surface area (Å²) in [7, 11) is 0. The smallest absolute Gasteiger partial charge is 0.161 e. The fourth-order valence-electron chi connectivity index (χ4n) is 1.86. The summed E-state index contributed by atoms with van der Waals surface area (Å²) in [4.78, 5) is 9.77. The van der Waals surface area contributed by atoms with Crippen molar-refractivity contribution in [2.75, 3.05) is 0 Å². The van der Waals surface area contributed by atoms with Gasteiger partial charge < -0.3 is 23.7 Å².